The van der Waals surface area contributed by atoms with Crippen LogP contribution in [0.25, 0.3) is 10.2 Å². The van der Waals surface area contributed by atoms with Gasteiger partial charge >= 0.3 is 0 Å². The van der Waals surface area contributed by atoms with Gasteiger partial charge in [-0.1, -0.05) is 18.5 Å². The third-order valence-electron chi connectivity index (χ3n) is 2.77. The summed E-state index contributed by atoms with van der Waals surface area (Å²) in [7, 11) is -3.22. The van der Waals surface area contributed by atoms with Crippen molar-refractivity contribution in [2.75, 3.05) is 6.26 Å². The second-order valence-electron chi connectivity index (χ2n) is 4.13. The van der Waals surface area contributed by atoms with E-state index in [0.717, 1.165) is 21.5 Å². The Morgan fingerprint density at radius 2 is 2.11 bits per heavy atom. The van der Waals surface area contributed by atoms with Crippen molar-refractivity contribution in [3.63, 3.8) is 0 Å². The molecule has 0 radical (unpaired) electrons. The van der Waals surface area contributed by atoms with Crippen molar-refractivity contribution in [1.29, 1.82) is 0 Å². The quantitative estimate of drug-likeness (QED) is 0.818. The molecular weight excluding hydrogens is 292 g/mol. The molecule has 0 aliphatic rings. The van der Waals surface area contributed by atoms with Crippen LogP contribution in [0.15, 0.2) is 6.07 Å². The highest BCUT2D eigenvalue weighted by molar-refractivity contribution is 7.90. The molecule has 0 spiro atoms. The van der Waals surface area contributed by atoms with Crippen LogP contribution < -0.4 is 0 Å². The lowest BCUT2D eigenvalue weighted by molar-refractivity contribution is 0.589. The summed E-state index contributed by atoms with van der Waals surface area (Å²) >= 11 is 7.61. The summed E-state index contributed by atoms with van der Waals surface area (Å²) in [6.07, 6.45) is 2.07. The Hall–Kier alpha value is -0.720. The first-order chi connectivity index (χ1) is 8.32. The highest BCUT2D eigenvalue weighted by atomic mass is 35.5. The average Bonchev–Trinajstić information content (AvgIpc) is 2.70. The maximum absolute atomic E-state index is 11.5. The van der Waals surface area contributed by atoms with Gasteiger partial charge in [-0.3, -0.25) is 0 Å². The first-order valence-corrected chi connectivity index (χ1v) is 8.62. The highest BCUT2D eigenvalue weighted by Gasteiger charge is 2.22. The molecule has 4 nitrogen and oxygen atoms in total. The summed E-state index contributed by atoms with van der Waals surface area (Å²) in [5, 5.41) is 0.371. The lowest BCUT2D eigenvalue weighted by atomic mass is 10.3. The molecule has 0 bridgehead atoms. The second-order valence-corrected chi connectivity index (χ2v) is 7.97. The van der Waals surface area contributed by atoms with E-state index < -0.39 is 15.1 Å². The molecule has 0 fully saturated rings. The van der Waals surface area contributed by atoms with Gasteiger partial charge in [0.05, 0.1) is 0 Å². The Balaban J connectivity index is 2.62. The van der Waals surface area contributed by atoms with Crippen molar-refractivity contribution in [1.82, 2.24) is 9.97 Å². The van der Waals surface area contributed by atoms with Crippen molar-refractivity contribution in [3.05, 3.63) is 21.9 Å². The normalized spacial score (nSPS) is 14.0. The number of thiophene rings is 1. The minimum Gasteiger partial charge on any atom is -0.228 e. The summed E-state index contributed by atoms with van der Waals surface area (Å²) in [6, 6.07) is 1.96. The van der Waals surface area contributed by atoms with Crippen LogP contribution in [0.4, 0.5) is 0 Å². The van der Waals surface area contributed by atoms with E-state index in [2.05, 4.69) is 9.97 Å². The van der Waals surface area contributed by atoms with Crippen LogP contribution in [0.1, 0.15) is 29.8 Å². The first-order valence-electron chi connectivity index (χ1n) is 5.47. The monoisotopic (exact) mass is 304 g/mol. The number of hydrogen-bond acceptors (Lipinski definition) is 5. The highest BCUT2D eigenvalue weighted by Crippen LogP contribution is 2.31. The summed E-state index contributed by atoms with van der Waals surface area (Å²) in [5.41, 5.74) is 0. The Labute approximate surface area is 115 Å². The van der Waals surface area contributed by atoms with Crippen LogP contribution in [-0.2, 0) is 16.3 Å². The maximum Gasteiger partial charge on any atom is 0.157 e. The largest absolute Gasteiger partial charge is 0.228 e. The van der Waals surface area contributed by atoms with Gasteiger partial charge in [-0.25, -0.2) is 18.4 Å². The van der Waals surface area contributed by atoms with E-state index in [0.29, 0.717) is 5.15 Å². The van der Waals surface area contributed by atoms with Gasteiger partial charge in [0, 0.05) is 16.5 Å². The lowest BCUT2D eigenvalue weighted by Gasteiger charge is -2.07. The fourth-order valence-corrected chi connectivity index (χ4v) is 3.25. The fourth-order valence-electron chi connectivity index (χ4n) is 1.50. The number of rotatable bonds is 3. The molecule has 0 saturated heterocycles. The molecule has 18 heavy (non-hydrogen) atoms. The van der Waals surface area contributed by atoms with Crippen LogP contribution in [0.2, 0.25) is 5.15 Å². The molecule has 0 aromatic carbocycles. The van der Waals surface area contributed by atoms with Crippen molar-refractivity contribution in [3.8, 4) is 0 Å². The molecule has 0 aliphatic heterocycles. The number of aryl methyl sites for hydroxylation is 1. The van der Waals surface area contributed by atoms with Crippen molar-refractivity contribution in [2.24, 2.45) is 0 Å². The second kappa shape index (κ2) is 4.75. The van der Waals surface area contributed by atoms with Gasteiger partial charge < -0.3 is 0 Å². The molecule has 1 atom stereocenters. The zero-order chi connectivity index (χ0) is 13.5. The number of sulfone groups is 1. The first kappa shape index (κ1) is 13.7. The van der Waals surface area contributed by atoms with Gasteiger partial charge in [0.2, 0.25) is 0 Å². The van der Waals surface area contributed by atoms with Crippen molar-refractivity contribution < 1.29 is 8.42 Å². The van der Waals surface area contributed by atoms with Crippen molar-refractivity contribution >= 4 is 43.0 Å². The van der Waals surface area contributed by atoms with E-state index in [1.54, 1.807) is 6.92 Å². The van der Waals surface area contributed by atoms with E-state index >= 15 is 0 Å². The van der Waals surface area contributed by atoms with Gasteiger partial charge in [0.25, 0.3) is 0 Å². The van der Waals surface area contributed by atoms with Gasteiger partial charge in [-0.15, -0.1) is 11.3 Å². The Morgan fingerprint density at radius 3 is 2.67 bits per heavy atom. The molecule has 2 rings (SSSR count). The van der Waals surface area contributed by atoms with Crippen LogP contribution in [-0.4, -0.2) is 24.6 Å². The van der Waals surface area contributed by atoms with Crippen molar-refractivity contribution in [2.45, 2.75) is 25.5 Å². The number of fused-ring (bicyclic) bond motifs is 1. The summed E-state index contributed by atoms with van der Waals surface area (Å²) in [5.74, 6) is 0.263. The topological polar surface area (TPSA) is 59.9 Å². The zero-order valence-electron chi connectivity index (χ0n) is 10.3. The predicted octanol–water partition coefficient (Wildman–Crippen LogP) is 3.01. The van der Waals surface area contributed by atoms with Gasteiger partial charge in [0.15, 0.2) is 9.84 Å². The molecular formula is C11H13ClN2O2S2. The number of hydrogen-bond donors (Lipinski definition) is 0. The van der Waals surface area contributed by atoms with E-state index in [1.165, 1.54) is 17.6 Å². The molecule has 2 heterocycles. The number of aromatic nitrogens is 2. The molecule has 0 N–H and O–H groups in total. The Morgan fingerprint density at radius 1 is 1.44 bits per heavy atom. The molecule has 0 amide bonds. The molecule has 0 aliphatic carbocycles. The molecule has 2 aromatic heterocycles. The van der Waals surface area contributed by atoms with Crippen LogP contribution in [0.3, 0.4) is 0 Å². The third kappa shape index (κ3) is 2.50. The number of halogens is 1. The minimum atomic E-state index is -3.22. The summed E-state index contributed by atoms with van der Waals surface area (Å²) in [4.78, 5) is 10.3. The van der Waals surface area contributed by atoms with Crippen LogP contribution >= 0.6 is 22.9 Å². The average molecular weight is 305 g/mol. The Kier molecular flexibility index (Phi) is 3.62. The summed E-state index contributed by atoms with van der Waals surface area (Å²) in [6.45, 7) is 3.62. The molecule has 98 valence electrons. The van der Waals surface area contributed by atoms with E-state index in [4.69, 9.17) is 11.6 Å². The number of nitrogens with zero attached hydrogens (tertiary/aromatic N) is 2. The predicted molar refractivity (Wildman–Crippen MR) is 75.1 cm³/mol. The molecule has 1 unspecified atom stereocenters. The SMILES string of the molecule is CCc1cc2c(Cl)nc(C(C)S(C)(=O)=O)nc2s1. The van der Waals surface area contributed by atoms with E-state index in [9.17, 15) is 8.42 Å². The van der Waals surface area contributed by atoms with E-state index in [-0.39, 0.29) is 5.82 Å². The maximum atomic E-state index is 11.5. The standard InChI is InChI=1S/C11H13ClN2O2S2/c1-4-7-5-8-9(12)13-10(14-11(8)17-7)6(2)18(3,15)16/h5-6H,4H2,1-3H3. The molecule has 2 aromatic rings. The lowest BCUT2D eigenvalue weighted by Crippen LogP contribution is -2.11. The van der Waals surface area contributed by atoms with Gasteiger partial charge in [-0.2, -0.15) is 0 Å². The van der Waals surface area contributed by atoms with Crippen LogP contribution in [0.5, 0.6) is 0 Å². The summed E-state index contributed by atoms with van der Waals surface area (Å²) < 4.78 is 23.0. The smallest absolute Gasteiger partial charge is 0.157 e. The van der Waals surface area contributed by atoms with E-state index in [1.807, 2.05) is 13.0 Å². The van der Waals surface area contributed by atoms with Crippen LogP contribution in [0, 0.1) is 0 Å². The Bertz CT molecular complexity index is 694. The van der Waals surface area contributed by atoms with Gasteiger partial charge in [0.1, 0.15) is 21.1 Å². The van der Waals surface area contributed by atoms with Gasteiger partial charge in [-0.05, 0) is 19.4 Å². The fraction of sp³-hybridized carbons (Fsp3) is 0.455. The third-order valence-corrected chi connectivity index (χ3v) is 5.73. The zero-order valence-corrected chi connectivity index (χ0v) is 12.7. The molecule has 7 heteroatoms. The minimum absolute atomic E-state index is 0.263. The molecule has 0 saturated carbocycles.